The van der Waals surface area contributed by atoms with Crippen molar-refractivity contribution in [3.05, 3.63) is 46.4 Å². The summed E-state index contributed by atoms with van der Waals surface area (Å²) >= 11 is 3.33. The van der Waals surface area contributed by atoms with Gasteiger partial charge in [-0.25, -0.2) is 4.98 Å². The lowest BCUT2D eigenvalue weighted by Crippen LogP contribution is -2.11. The Bertz CT molecular complexity index is 409. The molecule has 0 aliphatic rings. The van der Waals surface area contributed by atoms with Gasteiger partial charge in [0.1, 0.15) is 5.01 Å². The molecule has 2 N–H and O–H groups in total. The summed E-state index contributed by atoms with van der Waals surface area (Å²) < 4.78 is 0. The number of thioether (sulfide) groups is 1. The molecule has 1 heterocycles. The molecule has 2 aromatic rings. The second-order valence-electron chi connectivity index (χ2n) is 3.12. The minimum absolute atomic E-state index is 0.0964. The average molecular weight is 236 g/mol. The minimum atomic E-state index is -0.0964. The third-order valence-electron chi connectivity index (χ3n) is 2.19. The summed E-state index contributed by atoms with van der Waals surface area (Å²) in [5.41, 5.74) is 7.21. The minimum Gasteiger partial charge on any atom is -0.318 e. The van der Waals surface area contributed by atoms with E-state index in [1.165, 1.54) is 4.90 Å². The van der Waals surface area contributed by atoms with Gasteiger partial charge in [-0.1, -0.05) is 12.1 Å². The van der Waals surface area contributed by atoms with Gasteiger partial charge in [-0.2, -0.15) is 0 Å². The smallest absolute Gasteiger partial charge is 0.114 e. The third kappa shape index (κ3) is 2.40. The summed E-state index contributed by atoms with van der Waals surface area (Å²) in [6.45, 7) is 0. The molecule has 0 spiro atoms. The van der Waals surface area contributed by atoms with Gasteiger partial charge in [-0.3, -0.25) is 0 Å². The Morgan fingerprint density at radius 1 is 1.33 bits per heavy atom. The zero-order valence-corrected chi connectivity index (χ0v) is 10.0. The Balaban J connectivity index is 2.22. The lowest BCUT2D eigenvalue weighted by Gasteiger charge is -2.08. The van der Waals surface area contributed by atoms with Crippen LogP contribution in [-0.4, -0.2) is 11.2 Å². The van der Waals surface area contributed by atoms with Crippen molar-refractivity contribution in [2.45, 2.75) is 10.9 Å². The molecule has 0 saturated heterocycles. The van der Waals surface area contributed by atoms with Gasteiger partial charge in [0, 0.05) is 16.5 Å². The molecule has 15 heavy (non-hydrogen) atoms. The maximum atomic E-state index is 6.09. The molecule has 2 rings (SSSR count). The van der Waals surface area contributed by atoms with Crippen molar-refractivity contribution in [1.29, 1.82) is 0 Å². The zero-order valence-electron chi connectivity index (χ0n) is 8.38. The normalized spacial score (nSPS) is 12.7. The van der Waals surface area contributed by atoms with Crippen LogP contribution in [0.1, 0.15) is 16.6 Å². The Labute approximate surface area is 97.5 Å². The summed E-state index contributed by atoms with van der Waals surface area (Å²) in [5.74, 6) is 0. The summed E-state index contributed by atoms with van der Waals surface area (Å²) in [5, 5.41) is 2.91. The predicted octanol–water partition coefficient (Wildman–Crippen LogP) is 2.91. The molecule has 4 heteroatoms. The van der Waals surface area contributed by atoms with Gasteiger partial charge in [-0.05, 0) is 24.0 Å². The quantitative estimate of drug-likeness (QED) is 0.833. The van der Waals surface area contributed by atoms with Gasteiger partial charge < -0.3 is 5.73 Å². The maximum absolute atomic E-state index is 6.09. The number of thiazole rings is 1. The topological polar surface area (TPSA) is 38.9 Å². The Hall–Kier alpha value is -0.840. The summed E-state index contributed by atoms with van der Waals surface area (Å²) in [4.78, 5) is 5.48. The van der Waals surface area contributed by atoms with Crippen LogP contribution in [0.4, 0.5) is 0 Å². The fourth-order valence-corrected chi connectivity index (χ4v) is 2.42. The number of benzene rings is 1. The Kier molecular flexibility index (Phi) is 3.41. The molecule has 0 bridgehead atoms. The SMILES string of the molecule is CSc1ccc(C(N)c2nccs2)cc1. The van der Waals surface area contributed by atoms with Gasteiger partial charge in [0.25, 0.3) is 0 Å². The zero-order chi connectivity index (χ0) is 10.7. The Morgan fingerprint density at radius 3 is 2.60 bits per heavy atom. The fourth-order valence-electron chi connectivity index (χ4n) is 1.34. The van der Waals surface area contributed by atoms with Gasteiger partial charge >= 0.3 is 0 Å². The average Bonchev–Trinajstić information content (AvgIpc) is 2.82. The summed E-state index contributed by atoms with van der Waals surface area (Å²) in [7, 11) is 0. The number of hydrogen-bond acceptors (Lipinski definition) is 4. The van der Waals surface area contributed by atoms with E-state index in [1.807, 2.05) is 5.38 Å². The van der Waals surface area contributed by atoms with Crippen LogP contribution in [-0.2, 0) is 0 Å². The highest BCUT2D eigenvalue weighted by Crippen LogP contribution is 2.23. The van der Waals surface area contributed by atoms with E-state index < -0.39 is 0 Å². The van der Waals surface area contributed by atoms with E-state index in [4.69, 9.17) is 5.73 Å². The fraction of sp³-hybridized carbons (Fsp3) is 0.182. The molecule has 1 unspecified atom stereocenters. The number of rotatable bonds is 3. The molecular weight excluding hydrogens is 224 g/mol. The molecule has 78 valence electrons. The molecule has 0 aliphatic carbocycles. The van der Waals surface area contributed by atoms with E-state index in [0.29, 0.717) is 0 Å². The molecule has 0 aliphatic heterocycles. The van der Waals surface area contributed by atoms with Gasteiger partial charge in [0.15, 0.2) is 0 Å². The molecule has 0 fully saturated rings. The first-order valence-electron chi connectivity index (χ1n) is 4.60. The number of nitrogens with zero attached hydrogens (tertiary/aromatic N) is 1. The molecule has 1 aromatic carbocycles. The van der Waals surface area contributed by atoms with Crippen molar-refractivity contribution < 1.29 is 0 Å². The highest BCUT2D eigenvalue weighted by molar-refractivity contribution is 7.98. The number of hydrogen-bond donors (Lipinski definition) is 1. The number of aromatic nitrogens is 1. The maximum Gasteiger partial charge on any atom is 0.114 e. The van der Waals surface area contributed by atoms with E-state index in [-0.39, 0.29) is 6.04 Å². The van der Waals surface area contributed by atoms with E-state index in [2.05, 4.69) is 35.5 Å². The van der Waals surface area contributed by atoms with E-state index in [1.54, 1.807) is 29.3 Å². The van der Waals surface area contributed by atoms with Crippen LogP contribution in [0.2, 0.25) is 0 Å². The van der Waals surface area contributed by atoms with Crippen molar-refractivity contribution in [3.8, 4) is 0 Å². The van der Waals surface area contributed by atoms with Crippen LogP contribution in [0.5, 0.6) is 0 Å². The lowest BCUT2D eigenvalue weighted by atomic mass is 10.1. The van der Waals surface area contributed by atoms with Crippen molar-refractivity contribution in [2.24, 2.45) is 5.73 Å². The second kappa shape index (κ2) is 4.79. The second-order valence-corrected chi connectivity index (χ2v) is 4.93. The van der Waals surface area contributed by atoms with E-state index in [0.717, 1.165) is 10.6 Å². The van der Waals surface area contributed by atoms with Crippen LogP contribution < -0.4 is 5.73 Å². The lowest BCUT2D eigenvalue weighted by molar-refractivity contribution is 0.856. The van der Waals surface area contributed by atoms with Crippen molar-refractivity contribution in [3.63, 3.8) is 0 Å². The van der Waals surface area contributed by atoms with Crippen LogP contribution in [0.3, 0.4) is 0 Å². The molecular formula is C11H12N2S2. The molecule has 0 saturated carbocycles. The predicted molar refractivity (Wildman–Crippen MR) is 66.4 cm³/mol. The van der Waals surface area contributed by atoms with Crippen LogP contribution in [0.25, 0.3) is 0 Å². The van der Waals surface area contributed by atoms with Crippen molar-refractivity contribution >= 4 is 23.1 Å². The van der Waals surface area contributed by atoms with Crippen molar-refractivity contribution in [1.82, 2.24) is 4.98 Å². The van der Waals surface area contributed by atoms with Gasteiger partial charge in [-0.15, -0.1) is 23.1 Å². The molecule has 1 aromatic heterocycles. The molecule has 2 nitrogen and oxygen atoms in total. The standard InChI is InChI=1S/C11H12N2S2/c1-14-9-4-2-8(3-5-9)10(12)11-13-6-7-15-11/h2-7,10H,12H2,1H3. The first-order chi connectivity index (χ1) is 7.31. The molecule has 0 amide bonds. The third-order valence-corrected chi connectivity index (χ3v) is 3.79. The van der Waals surface area contributed by atoms with E-state index >= 15 is 0 Å². The number of nitrogens with two attached hydrogens (primary N) is 1. The summed E-state index contributed by atoms with van der Waals surface area (Å²) in [6, 6.07) is 8.22. The van der Waals surface area contributed by atoms with Crippen molar-refractivity contribution in [2.75, 3.05) is 6.26 Å². The Morgan fingerprint density at radius 2 is 2.07 bits per heavy atom. The molecule has 1 atom stereocenters. The first kappa shape index (κ1) is 10.7. The van der Waals surface area contributed by atoms with Gasteiger partial charge in [0.2, 0.25) is 0 Å². The first-order valence-corrected chi connectivity index (χ1v) is 6.70. The highest BCUT2D eigenvalue weighted by atomic mass is 32.2. The van der Waals surface area contributed by atoms with Crippen LogP contribution in [0.15, 0.2) is 40.7 Å². The summed E-state index contributed by atoms with van der Waals surface area (Å²) in [6.07, 6.45) is 3.85. The largest absolute Gasteiger partial charge is 0.318 e. The van der Waals surface area contributed by atoms with Crippen LogP contribution >= 0.6 is 23.1 Å². The monoisotopic (exact) mass is 236 g/mol. The highest BCUT2D eigenvalue weighted by Gasteiger charge is 2.10. The van der Waals surface area contributed by atoms with Gasteiger partial charge in [0.05, 0.1) is 6.04 Å². The van der Waals surface area contributed by atoms with E-state index in [9.17, 15) is 0 Å². The molecule has 0 radical (unpaired) electrons. The van der Waals surface area contributed by atoms with Crippen LogP contribution in [0, 0.1) is 0 Å².